The minimum absolute atomic E-state index is 0.122. The van der Waals surface area contributed by atoms with Crippen LogP contribution >= 0.6 is 0 Å². The number of halogens is 1. The van der Waals surface area contributed by atoms with Crippen LogP contribution in [0.5, 0.6) is 0 Å². The molecule has 4 nitrogen and oxygen atoms in total. The fourth-order valence-corrected chi connectivity index (χ4v) is 2.57. The lowest BCUT2D eigenvalue weighted by atomic mass is 10.1. The maximum atomic E-state index is 13.6. The predicted octanol–water partition coefficient (Wildman–Crippen LogP) is 3.15. The molecule has 0 aliphatic heterocycles. The van der Waals surface area contributed by atoms with Crippen LogP contribution in [0.1, 0.15) is 36.4 Å². The van der Waals surface area contributed by atoms with Gasteiger partial charge in [-0.25, -0.2) is 4.39 Å². The van der Waals surface area contributed by atoms with Gasteiger partial charge in [-0.1, -0.05) is 32.0 Å². The van der Waals surface area contributed by atoms with Crippen LogP contribution in [0.15, 0.2) is 24.3 Å². The van der Waals surface area contributed by atoms with Gasteiger partial charge in [-0.2, -0.15) is 5.10 Å². The van der Waals surface area contributed by atoms with E-state index in [4.69, 9.17) is 0 Å². The number of nitrogens with zero attached hydrogens (tertiary/aromatic N) is 2. The molecule has 0 fully saturated rings. The first-order valence-electron chi connectivity index (χ1n) is 7.91. The first-order chi connectivity index (χ1) is 10.9. The molecule has 0 unspecified atom stereocenters. The van der Waals surface area contributed by atoms with Crippen molar-refractivity contribution in [1.82, 2.24) is 15.1 Å². The van der Waals surface area contributed by atoms with Gasteiger partial charge < -0.3 is 5.32 Å². The fraction of sp³-hybridized carbons (Fsp3) is 0.444. The van der Waals surface area contributed by atoms with E-state index in [0.717, 1.165) is 23.5 Å². The van der Waals surface area contributed by atoms with E-state index < -0.39 is 0 Å². The molecule has 0 saturated heterocycles. The maximum Gasteiger partial charge on any atom is 0.224 e. The molecule has 2 rings (SSSR count). The highest BCUT2D eigenvalue weighted by atomic mass is 19.1. The molecule has 1 aromatic heterocycles. The van der Waals surface area contributed by atoms with Gasteiger partial charge in [0.05, 0.1) is 12.1 Å². The Balaban J connectivity index is 2.00. The van der Waals surface area contributed by atoms with E-state index in [1.807, 2.05) is 18.5 Å². The van der Waals surface area contributed by atoms with Crippen molar-refractivity contribution < 1.29 is 9.18 Å². The minimum Gasteiger partial charge on any atom is -0.352 e. The summed E-state index contributed by atoms with van der Waals surface area (Å²) in [6, 6.07) is 6.46. The molecular formula is C18H24FN3O. The largest absolute Gasteiger partial charge is 0.352 e. The third-order valence-corrected chi connectivity index (χ3v) is 3.84. The first-order valence-corrected chi connectivity index (χ1v) is 7.91. The zero-order chi connectivity index (χ0) is 17.0. The molecule has 1 heterocycles. The second-order valence-corrected chi connectivity index (χ2v) is 6.27. The van der Waals surface area contributed by atoms with E-state index >= 15 is 0 Å². The van der Waals surface area contributed by atoms with E-state index in [9.17, 15) is 9.18 Å². The number of amides is 1. The van der Waals surface area contributed by atoms with Crippen LogP contribution in [0, 0.1) is 25.6 Å². The van der Waals surface area contributed by atoms with E-state index in [1.165, 1.54) is 6.07 Å². The molecule has 0 radical (unpaired) electrons. The number of nitrogens with one attached hydrogen (secondary N) is 1. The summed E-state index contributed by atoms with van der Waals surface area (Å²) in [5, 5.41) is 7.29. The van der Waals surface area contributed by atoms with E-state index in [2.05, 4.69) is 24.3 Å². The van der Waals surface area contributed by atoms with Gasteiger partial charge in [-0.3, -0.25) is 9.48 Å². The summed E-state index contributed by atoms with van der Waals surface area (Å²) in [5.74, 6) is 0.0733. The van der Waals surface area contributed by atoms with Crippen LogP contribution in [-0.4, -0.2) is 15.7 Å². The maximum absolute atomic E-state index is 13.6. The van der Waals surface area contributed by atoms with Crippen molar-refractivity contribution >= 4 is 5.91 Å². The molecule has 0 saturated carbocycles. The summed E-state index contributed by atoms with van der Waals surface area (Å²) in [6.07, 6.45) is 0.268. The van der Waals surface area contributed by atoms with Crippen LogP contribution in [0.3, 0.4) is 0 Å². The highest BCUT2D eigenvalue weighted by Crippen LogP contribution is 2.15. The normalized spacial score (nSPS) is 11.0. The summed E-state index contributed by atoms with van der Waals surface area (Å²) in [5.41, 5.74) is 3.35. The first kappa shape index (κ1) is 17.2. The molecule has 2 aromatic rings. The summed E-state index contributed by atoms with van der Waals surface area (Å²) in [6.45, 7) is 9.22. The third kappa shape index (κ3) is 4.41. The van der Waals surface area contributed by atoms with Crippen molar-refractivity contribution in [2.45, 2.75) is 47.2 Å². The van der Waals surface area contributed by atoms with Crippen molar-refractivity contribution in [3.8, 4) is 0 Å². The van der Waals surface area contributed by atoms with Crippen molar-refractivity contribution in [3.05, 3.63) is 52.6 Å². The topological polar surface area (TPSA) is 46.9 Å². The zero-order valence-corrected chi connectivity index (χ0v) is 14.2. The number of carbonyl (C=O) groups is 1. The molecule has 124 valence electrons. The number of hydrogen-bond acceptors (Lipinski definition) is 2. The number of hydrogen-bond donors (Lipinski definition) is 1. The molecule has 0 atom stereocenters. The Morgan fingerprint density at radius 1 is 1.30 bits per heavy atom. The van der Waals surface area contributed by atoms with Crippen LogP contribution in [0.4, 0.5) is 4.39 Å². The Kier molecular flexibility index (Phi) is 5.53. The van der Waals surface area contributed by atoms with Crippen molar-refractivity contribution in [1.29, 1.82) is 0 Å². The molecule has 1 N–H and O–H groups in total. The Morgan fingerprint density at radius 2 is 2.00 bits per heavy atom. The van der Waals surface area contributed by atoms with Gasteiger partial charge in [0.2, 0.25) is 5.91 Å². The average molecular weight is 317 g/mol. The zero-order valence-electron chi connectivity index (χ0n) is 14.2. The van der Waals surface area contributed by atoms with Crippen LogP contribution in [0.25, 0.3) is 0 Å². The van der Waals surface area contributed by atoms with E-state index in [0.29, 0.717) is 11.5 Å². The number of aromatic nitrogens is 2. The quantitative estimate of drug-likeness (QED) is 0.889. The van der Waals surface area contributed by atoms with Gasteiger partial charge in [0.15, 0.2) is 0 Å². The average Bonchev–Trinajstić information content (AvgIpc) is 2.73. The minimum atomic E-state index is -0.301. The fourth-order valence-electron chi connectivity index (χ4n) is 2.57. The second kappa shape index (κ2) is 7.40. The van der Waals surface area contributed by atoms with Gasteiger partial charge in [0, 0.05) is 29.9 Å². The van der Waals surface area contributed by atoms with Crippen LogP contribution < -0.4 is 5.32 Å². The molecule has 0 aliphatic carbocycles. The molecule has 0 aliphatic rings. The lowest BCUT2D eigenvalue weighted by Crippen LogP contribution is -2.25. The van der Waals surface area contributed by atoms with Crippen LogP contribution in [-0.2, 0) is 24.3 Å². The van der Waals surface area contributed by atoms with Gasteiger partial charge >= 0.3 is 0 Å². The lowest BCUT2D eigenvalue weighted by Gasteiger charge is -2.09. The molecule has 5 heteroatoms. The van der Waals surface area contributed by atoms with Gasteiger partial charge in [-0.15, -0.1) is 0 Å². The smallest absolute Gasteiger partial charge is 0.224 e. The van der Waals surface area contributed by atoms with Crippen molar-refractivity contribution in [2.75, 3.05) is 0 Å². The van der Waals surface area contributed by atoms with Gasteiger partial charge in [0.25, 0.3) is 0 Å². The highest BCUT2D eigenvalue weighted by Gasteiger charge is 2.15. The second-order valence-electron chi connectivity index (χ2n) is 6.27. The van der Waals surface area contributed by atoms with Crippen molar-refractivity contribution in [3.63, 3.8) is 0 Å². The Morgan fingerprint density at radius 3 is 2.65 bits per heavy atom. The number of aryl methyl sites for hydroxylation is 1. The molecule has 23 heavy (non-hydrogen) atoms. The predicted molar refractivity (Wildman–Crippen MR) is 88.5 cm³/mol. The summed E-state index contributed by atoms with van der Waals surface area (Å²) >= 11 is 0. The summed E-state index contributed by atoms with van der Waals surface area (Å²) in [7, 11) is 0. The Bertz CT molecular complexity index is 692. The number of benzene rings is 1. The van der Waals surface area contributed by atoms with Crippen molar-refractivity contribution in [2.24, 2.45) is 5.92 Å². The lowest BCUT2D eigenvalue weighted by molar-refractivity contribution is -0.120. The Labute approximate surface area is 136 Å². The monoisotopic (exact) mass is 317 g/mol. The molecule has 0 spiro atoms. The molecule has 1 amide bonds. The molecule has 1 aromatic carbocycles. The summed E-state index contributed by atoms with van der Waals surface area (Å²) in [4.78, 5) is 12.2. The summed E-state index contributed by atoms with van der Waals surface area (Å²) < 4.78 is 15.5. The van der Waals surface area contributed by atoms with E-state index in [1.54, 1.807) is 18.2 Å². The standard InChI is InChI=1S/C18H24FN3O/c1-12(2)11-22-14(4)16(13(3)21-22)9-18(23)20-10-15-7-5-6-8-17(15)19/h5-8,12H,9-11H2,1-4H3,(H,20,23). The van der Waals surface area contributed by atoms with Gasteiger partial charge in [-0.05, 0) is 25.8 Å². The molecular weight excluding hydrogens is 293 g/mol. The van der Waals surface area contributed by atoms with E-state index in [-0.39, 0.29) is 24.7 Å². The Hall–Kier alpha value is -2.17. The highest BCUT2D eigenvalue weighted by molar-refractivity contribution is 5.79. The van der Waals surface area contributed by atoms with Gasteiger partial charge in [0.1, 0.15) is 5.82 Å². The third-order valence-electron chi connectivity index (χ3n) is 3.84. The van der Waals surface area contributed by atoms with Crippen LogP contribution in [0.2, 0.25) is 0 Å². The molecule has 0 bridgehead atoms. The SMILES string of the molecule is Cc1nn(CC(C)C)c(C)c1CC(=O)NCc1ccccc1F. The number of rotatable bonds is 6. The number of carbonyl (C=O) groups excluding carboxylic acids is 1.